The first kappa shape index (κ1) is 34.4. The molecule has 0 heterocycles. The van der Waals surface area contributed by atoms with Crippen LogP contribution < -0.4 is 22.5 Å². The van der Waals surface area contributed by atoms with Crippen LogP contribution in [0.3, 0.4) is 0 Å². The molecule has 4 rings (SSSR count). The van der Waals surface area contributed by atoms with E-state index in [1.165, 1.54) is 57.8 Å². The molecule has 6 heteroatoms. The van der Waals surface area contributed by atoms with Gasteiger partial charge in [-0.1, -0.05) is 65.5 Å². The summed E-state index contributed by atoms with van der Waals surface area (Å²) in [6, 6.07) is 0. The van der Waals surface area contributed by atoms with E-state index in [9.17, 15) is 4.79 Å². The maximum absolute atomic E-state index is 11.3. The first-order valence-electron chi connectivity index (χ1n) is 17.3. The van der Waals surface area contributed by atoms with Crippen LogP contribution in [-0.2, 0) is 4.74 Å². The molecule has 41 heavy (non-hydrogen) atoms. The van der Waals surface area contributed by atoms with Crippen LogP contribution in [0.5, 0.6) is 0 Å². The Labute approximate surface area is 252 Å². The number of amides is 1. The summed E-state index contributed by atoms with van der Waals surface area (Å²) in [4.78, 5) is 11.3. The van der Waals surface area contributed by atoms with E-state index in [-0.39, 0.29) is 6.10 Å². The number of allylic oxidation sites excluding steroid dienone is 1. The van der Waals surface area contributed by atoms with Crippen molar-refractivity contribution in [2.45, 2.75) is 131 Å². The zero-order valence-electron chi connectivity index (χ0n) is 27.4. The van der Waals surface area contributed by atoms with Crippen LogP contribution in [0, 0.1) is 46.3 Å². The highest BCUT2D eigenvalue weighted by atomic mass is 16.6. The minimum atomic E-state index is -0.615. The summed E-state index contributed by atoms with van der Waals surface area (Å²) < 4.78 is 5.39. The SMILES string of the molecule is CC(C)CCC[C@@H](C)[C@H]1CCC2C3CC=C4CC(OC(N)=O)CC[C@]4(C)C3CC[C@@]21C.NCCCCNCCCN. The Morgan fingerprint density at radius 1 is 0.951 bits per heavy atom. The second-order valence-corrected chi connectivity index (χ2v) is 15.0. The minimum absolute atomic E-state index is 0.00946. The zero-order valence-corrected chi connectivity index (χ0v) is 27.4. The summed E-state index contributed by atoms with van der Waals surface area (Å²) in [5.41, 5.74) is 18.4. The van der Waals surface area contributed by atoms with E-state index in [2.05, 4.69) is 46.0 Å². The van der Waals surface area contributed by atoms with E-state index < -0.39 is 6.09 Å². The van der Waals surface area contributed by atoms with Crippen molar-refractivity contribution in [3.8, 4) is 0 Å². The van der Waals surface area contributed by atoms with Gasteiger partial charge in [0.2, 0.25) is 0 Å². The molecule has 4 aliphatic carbocycles. The van der Waals surface area contributed by atoms with Gasteiger partial charge in [0.15, 0.2) is 0 Å². The maximum atomic E-state index is 11.3. The van der Waals surface area contributed by atoms with Crippen LogP contribution in [0.2, 0.25) is 0 Å². The fraction of sp³-hybridized carbons (Fsp3) is 0.914. The summed E-state index contributed by atoms with van der Waals surface area (Å²) in [5, 5.41) is 3.29. The number of hydrogen-bond donors (Lipinski definition) is 4. The van der Waals surface area contributed by atoms with Crippen molar-refractivity contribution in [1.82, 2.24) is 5.32 Å². The molecule has 7 N–H and O–H groups in total. The number of primary amides is 1. The van der Waals surface area contributed by atoms with Crippen molar-refractivity contribution in [3.05, 3.63) is 11.6 Å². The van der Waals surface area contributed by atoms with E-state index in [0.717, 1.165) is 93.8 Å². The topological polar surface area (TPSA) is 116 Å². The fourth-order valence-electron chi connectivity index (χ4n) is 9.66. The highest BCUT2D eigenvalue weighted by Crippen LogP contribution is 2.67. The number of fused-ring (bicyclic) bond motifs is 5. The molecule has 3 saturated carbocycles. The Balaban J connectivity index is 0.000000397. The number of carbonyl (C=O) groups excluding carboxylic acids is 1. The van der Waals surface area contributed by atoms with Crippen LogP contribution in [-0.4, -0.2) is 38.4 Å². The lowest BCUT2D eigenvalue weighted by atomic mass is 9.47. The third-order valence-electron chi connectivity index (χ3n) is 11.9. The molecule has 0 spiro atoms. The predicted molar refractivity (Wildman–Crippen MR) is 172 cm³/mol. The lowest BCUT2D eigenvalue weighted by Crippen LogP contribution is -2.51. The first-order valence-corrected chi connectivity index (χ1v) is 17.3. The second kappa shape index (κ2) is 16.1. The van der Waals surface area contributed by atoms with Gasteiger partial charge in [0.05, 0.1) is 0 Å². The molecule has 0 aliphatic heterocycles. The van der Waals surface area contributed by atoms with Crippen molar-refractivity contribution in [3.63, 3.8) is 0 Å². The zero-order chi connectivity index (χ0) is 30.0. The van der Waals surface area contributed by atoms with E-state index in [0.29, 0.717) is 10.8 Å². The van der Waals surface area contributed by atoms with Gasteiger partial charge >= 0.3 is 6.09 Å². The molecule has 0 aromatic rings. The Bertz CT molecular complexity index is 823. The number of hydrogen-bond acceptors (Lipinski definition) is 5. The highest BCUT2D eigenvalue weighted by Gasteiger charge is 2.59. The maximum Gasteiger partial charge on any atom is 0.404 e. The van der Waals surface area contributed by atoms with Crippen LogP contribution in [0.25, 0.3) is 0 Å². The standard InChI is InChI=1S/C28H47NO2.C7H19N3/c1-18(2)7-6-8-19(3)23-11-12-24-22-10-9-20-17-21(31-26(29)30)13-15-27(20,4)25(22)14-16-28(23,24)5;8-4-1-2-6-10-7-3-5-9/h9,18-19,21-25H,6-8,10-17H2,1-5H3,(H2,29,30);10H,1-9H2/t19-,21?,22?,23-,24?,25?,27+,28-;/m1./s1. The van der Waals surface area contributed by atoms with Crippen molar-refractivity contribution < 1.29 is 9.53 Å². The first-order chi connectivity index (χ1) is 19.6. The van der Waals surface area contributed by atoms with E-state index in [1.807, 2.05) is 0 Å². The third-order valence-corrected chi connectivity index (χ3v) is 11.9. The Hall–Kier alpha value is -1.11. The number of carbonyl (C=O) groups is 1. The Kier molecular flexibility index (Phi) is 13.5. The van der Waals surface area contributed by atoms with Gasteiger partial charge < -0.3 is 27.3 Å². The molecule has 4 aliphatic rings. The van der Waals surface area contributed by atoms with Crippen LogP contribution >= 0.6 is 0 Å². The molecule has 238 valence electrons. The average Bonchev–Trinajstić information content (AvgIpc) is 3.28. The van der Waals surface area contributed by atoms with Crippen molar-refractivity contribution in [2.75, 3.05) is 26.2 Å². The van der Waals surface area contributed by atoms with E-state index in [4.69, 9.17) is 21.9 Å². The molecule has 0 aromatic carbocycles. The lowest BCUT2D eigenvalue weighted by molar-refractivity contribution is -0.0578. The lowest BCUT2D eigenvalue weighted by Gasteiger charge is -2.58. The molecule has 8 atom stereocenters. The van der Waals surface area contributed by atoms with Gasteiger partial charge in [0.25, 0.3) is 0 Å². The van der Waals surface area contributed by atoms with Gasteiger partial charge in [-0.3, -0.25) is 0 Å². The number of nitrogens with two attached hydrogens (primary N) is 3. The molecule has 6 nitrogen and oxygen atoms in total. The molecule has 3 fully saturated rings. The summed E-state index contributed by atoms with van der Waals surface area (Å²) in [6.45, 7) is 16.2. The molecule has 1 amide bonds. The second-order valence-electron chi connectivity index (χ2n) is 15.0. The number of rotatable bonds is 13. The Morgan fingerprint density at radius 2 is 1.68 bits per heavy atom. The smallest absolute Gasteiger partial charge is 0.404 e. The normalized spacial score (nSPS) is 34.9. The van der Waals surface area contributed by atoms with Gasteiger partial charge in [-0.05, 0) is 137 Å². The number of nitrogens with one attached hydrogen (secondary N) is 1. The van der Waals surface area contributed by atoms with Crippen LogP contribution in [0.1, 0.15) is 125 Å². The number of unbranched alkanes of at least 4 members (excludes halogenated alkanes) is 1. The third kappa shape index (κ3) is 8.72. The van der Waals surface area contributed by atoms with Crippen molar-refractivity contribution in [2.24, 2.45) is 63.5 Å². The molecule has 0 saturated heterocycles. The molecule has 0 bridgehead atoms. The number of ether oxygens (including phenoxy) is 1. The van der Waals surface area contributed by atoms with Crippen LogP contribution in [0.15, 0.2) is 11.6 Å². The Morgan fingerprint density at radius 3 is 2.37 bits per heavy atom. The van der Waals surface area contributed by atoms with Gasteiger partial charge in [0.1, 0.15) is 6.10 Å². The monoisotopic (exact) mass is 575 g/mol. The van der Waals surface area contributed by atoms with Crippen LogP contribution in [0.4, 0.5) is 4.79 Å². The van der Waals surface area contributed by atoms with E-state index >= 15 is 0 Å². The van der Waals surface area contributed by atoms with Gasteiger partial charge in [-0.15, -0.1) is 0 Å². The van der Waals surface area contributed by atoms with Gasteiger partial charge in [0, 0.05) is 6.42 Å². The highest BCUT2D eigenvalue weighted by molar-refractivity contribution is 5.64. The summed E-state index contributed by atoms with van der Waals surface area (Å²) >= 11 is 0. The molecular formula is C35H66N4O2. The fourth-order valence-corrected chi connectivity index (χ4v) is 9.66. The quantitative estimate of drug-likeness (QED) is 0.138. The van der Waals surface area contributed by atoms with Gasteiger partial charge in [-0.2, -0.15) is 0 Å². The predicted octanol–water partition coefficient (Wildman–Crippen LogP) is 7.16. The molecule has 0 aromatic heterocycles. The minimum Gasteiger partial charge on any atom is -0.446 e. The summed E-state index contributed by atoms with van der Waals surface area (Å²) in [7, 11) is 0. The summed E-state index contributed by atoms with van der Waals surface area (Å²) in [5.74, 6) is 5.20. The average molecular weight is 575 g/mol. The molecule has 0 radical (unpaired) electrons. The van der Waals surface area contributed by atoms with Gasteiger partial charge in [-0.25, -0.2) is 4.79 Å². The molecular weight excluding hydrogens is 508 g/mol. The van der Waals surface area contributed by atoms with Crippen molar-refractivity contribution >= 4 is 6.09 Å². The van der Waals surface area contributed by atoms with E-state index in [1.54, 1.807) is 5.57 Å². The van der Waals surface area contributed by atoms with Crippen molar-refractivity contribution in [1.29, 1.82) is 0 Å². The largest absolute Gasteiger partial charge is 0.446 e. The molecule has 4 unspecified atom stereocenters. The summed E-state index contributed by atoms with van der Waals surface area (Å²) in [6.07, 6.45) is 19.5.